The number of morpholine rings is 1. The summed E-state index contributed by atoms with van der Waals surface area (Å²) in [5.74, 6) is 1.74. The van der Waals surface area contributed by atoms with Crippen molar-refractivity contribution in [3.63, 3.8) is 0 Å². The van der Waals surface area contributed by atoms with Crippen LogP contribution in [0.25, 0.3) is 6.08 Å². The van der Waals surface area contributed by atoms with Crippen molar-refractivity contribution < 1.29 is 19.3 Å². The fourth-order valence-electron chi connectivity index (χ4n) is 3.95. The smallest absolute Gasteiger partial charge is 0.127 e. The predicted octanol–water partition coefficient (Wildman–Crippen LogP) is 0.848. The Labute approximate surface area is 148 Å². The standard InChI is InChI=1S/C19H26N2O4/c1-23-16-2-3-19-15(9-16)8-14(13-25-19)10-20-11-17(18(22)12-20)21-4-6-24-7-5-21/h2-3,8-9,17-18,22H,4-7,10-13H2,1H3/t17-,18-/m0/s1. The Morgan fingerprint density at radius 1 is 1.24 bits per heavy atom. The molecule has 3 heterocycles. The van der Waals surface area contributed by atoms with Crippen LogP contribution in [0.3, 0.4) is 0 Å². The highest BCUT2D eigenvalue weighted by Crippen LogP contribution is 2.30. The lowest BCUT2D eigenvalue weighted by Gasteiger charge is -2.33. The molecule has 6 heteroatoms. The molecule has 1 aromatic rings. The molecular weight excluding hydrogens is 320 g/mol. The molecule has 25 heavy (non-hydrogen) atoms. The van der Waals surface area contributed by atoms with Gasteiger partial charge in [-0.3, -0.25) is 9.80 Å². The summed E-state index contributed by atoms with van der Waals surface area (Å²) < 4.78 is 16.6. The molecule has 0 unspecified atom stereocenters. The lowest BCUT2D eigenvalue weighted by molar-refractivity contribution is -0.00614. The average molecular weight is 346 g/mol. The Bertz CT molecular complexity index is 642. The maximum atomic E-state index is 10.5. The lowest BCUT2D eigenvalue weighted by atomic mass is 10.1. The average Bonchev–Trinajstić information content (AvgIpc) is 3.02. The number of benzene rings is 1. The fourth-order valence-corrected chi connectivity index (χ4v) is 3.95. The third-order valence-electron chi connectivity index (χ3n) is 5.27. The highest BCUT2D eigenvalue weighted by molar-refractivity contribution is 5.64. The summed E-state index contributed by atoms with van der Waals surface area (Å²) in [5.41, 5.74) is 2.29. The van der Waals surface area contributed by atoms with Gasteiger partial charge in [0, 0.05) is 44.3 Å². The van der Waals surface area contributed by atoms with Gasteiger partial charge in [-0.05, 0) is 29.8 Å². The van der Waals surface area contributed by atoms with Crippen molar-refractivity contribution in [2.75, 3.05) is 59.7 Å². The van der Waals surface area contributed by atoms with Crippen LogP contribution in [0.5, 0.6) is 11.5 Å². The minimum Gasteiger partial charge on any atom is -0.497 e. The quantitative estimate of drug-likeness (QED) is 0.872. The minimum atomic E-state index is -0.296. The minimum absolute atomic E-state index is 0.210. The second-order valence-electron chi connectivity index (χ2n) is 6.97. The van der Waals surface area contributed by atoms with Crippen molar-refractivity contribution in [1.29, 1.82) is 0 Å². The summed E-state index contributed by atoms with van der Waals surface area (Å²) in [7, 11) is 1.67. The number of hydrogen-bond donors (Lipinski definition) is 1. The van der Waals surface area contributed by atoms with E-state index in [1.54, 1.807) is 7.11 Å². The largest absolute Gasteiger partial charge is 0.497 e. The van der Waals surface area contributed by atoms with Gasteiger partial charge in [0.15, 0.2) is 0 Å². The van der Waals surface area contributed by atoms with E-state index in [0.29, 0.717) is 13.2 Å². The topological polar surface area (TPSA) is 54.4 Å². The number of methoxy groups -OCH3 is 1. The van der Waals surface area contributed by atoms with Gasteiger partial charge in [0.25, 0.3) is 0 Å². The maximum absolute atomic E-state index is 10.5. The molecule has 3 aliphatic rings. The zero-order valence-corrected chi connectivity index (χ0v) is 14.7. The summed E-state index contributed by atoms with van der Waals surface area (Å²) in [5, 5.41) is 10.5. The lowest BCUT2D eigenvalue weighted by Crippen LogP contribution is -2.48. The van der Waals surface area contributed by atoms with Gasteiger partial charge in [-0.15, -0.1) is 0 Å². The third-order valence-corrected chi connectivity index (χ3v) is 5.27. The zero-order valence-electron chi connectivity index (χ0n) is 14.7. The molecule has 0 bridgehead atoms. The van der Waals surface area contributed by atoms with Gasteiger partial charge < -0.3 is 19.3 Å². The molecule has 0 amide bonds. The van der Waals surface area contributed by atoms with Gasteiger partial charge in [0.05, 0.1) is 26.4 Å². The van der Waals surface area contributed by atoms with Crippen molar-refractivity contribution in [2.45, 2.75) is 12.1 Å². The summed E-state index contributed by atoms with van der Waals surface area (Å²) in [4.78, 5) is 4.69. The van der Waals surface area contributed by atoms with Gasteiger partial charge in [0.1, 0.15) is 18.1 Å². The first-order valence-corrected chi connectivity index (χ1v) is 8.95. The van der Waals surface area contributed by atoms with Gasteiger partial charge in [-0.25, -0.2) is 0 Å². The first kappa shape index (κ1) is 16.8. The summed E-state index contributed by atoms with van der Waals surface area (Å²) >= 11 is 0. The molecular formula is C19H26N2O4. The third kappa shape index (κ3) is 3.67. The molecule has 3 aliphatic heterocycles. The van der Waals surface area contributed by atoms with Crippen molar-refractivity contribution in [3.05, 3.63) is 29.3 Å². The number of aliphatic hydroxyl groups excluding tert-OH is 1. The molecule has 2 atom stereocenters. The Morgan fingerprint density at radius 3 is 2.88 bits per heavy atom. The molecule has 0 radical (unpaired) electrons. The summed E-state index contributed by atoms with van der Waals surface area (Å²) in [6.07, 6.45) is 1.89. The number of nitrogens with zero attached hydrogens (tertiary/aromatic N) is 2. The fraction of sp³-hybridized carbons (Fsp3) is 0.579. The molecule has 2 saturated heterocycles. The molecule has 0 spiro atoms. The Morgan fingerprint density at radius 2 is 2.08 bits per heavy atom. The number of aliphatic hydroxyl groups is 1. The Balaban J connectivity index is 1.41. The molecule has 0 saturated carbocycles. The molecule has 136 valence electrons. The number of likely N-dealkylation sites (tertiary alicyclic amines) is 1. The van der Waals surface area contributed by atoms with Crippen LogP contribution in [0.15, 0.2) is 23.8 Å². The second-order valence-corrected chi connectivity index (χ2v) is 6.97. The predicted molar refractivity (Wildman–Crippen MR) is 95.1 cm³/mol. The van der Waals surface area contributed by atoms with Gasteiger partial charge in [-0.2, -0.15) is 0 Å². The first-order valence-electron chi connectivity index (χ1n) is 8.95. The normalized spacial score (nSPS) is 27.5. The van der Waals surface area contributed by atoms with E-state index in [1.807, 2.05) is 18.2 Å². The van der Waals surface area contributed by atoms with Crippen LogP contribution in [0, 0.1) is 0 Å². The highest BCUT2D eigenvalue weighted by Gasteiger charge is 2.36. The van der Waals surface area contributed by atoms with Crippen LogP contribution in [0.2, 0.25) is 0 Å². The van der Waals surface area contributed by atoms with E-state index in [1.165, 1.54) is 5.57 Å². The second kappa shape index (κ2) is 7.33. The number of rotatable bonds is 4. The van der Waals surface area contributed by atoms with Gasteiger partial charge in [-0.1, -0.05) is 0 Å². The van der Waals surface area contributed by atoms with E-state index in [4.69, 9.17) is 14.2 Å². The molecule has 1 aromatic carbocycles. The van der Waals surface area contributed by atoms with E-state index < -0.39 is 0 Å². The summed E-state index contributed by atoms with van der Waals surface area (Å²) in [6.45, 7) is 6.39. The molecule has 0 aromatic heterocycles. The molecule has 2 fully saturated rings. The first-order chi connectivity index (χ1) is 12.2. The van der Waals surface area contributed by atoms with Crippen LogP contribution in [-0.2, 0) is 4.74 Å². The van der Waals surface area contributed by atoms with Crippen LogP contribution in [0.1, 0.15) is 5.56 Å². The van der Waals surface area contributed by atoms with Crippen molar-refractivity contribution in [2.24, 2.45) is 0 Å². The highest BCUT2D eigenvalue weighted by atomic mass is 16.5. The van der Waals surface area contributed by atoms with E-state index in [0.717, 1.165) is 56.5 Å². The zero-order chi connectivity index (χ0) is 17.2. The number of ether oxygens (including phenoxy) is 3. The van der Waals surface area contributed by atoms with E-state index in [2.05, 4.69) is 15.9 Å². The van der Waals surface area contributed by atoms with Gasteiger partial charge in [0.2, 0.25) is 0 Å². The monoisotopic (exact) mass is 346 g/mol. The van der Waals surface area contributed by atoms with E-state index >= 15 is 0 Å². The maximum Gasteiger partial charge on any atom is 0.127 e. The number of β-amino-alcohol motifs (C(OH)–C–C–N with tert-alkyl or cyclic N) is 1. The molecule has 1 N–H and O–H groups in total. The number of hydrogen-bond acceptors (Lipinski definition) is 6. The van der Waals surface area contributed by atoms with E-state index in [-0.39, 0.29) is 12.1 Å². The van der Waals surface area contributed by atoms with Crippen molar-refractivity contribution in [3.8, 4) is 11.5 Å². The molecule has 4 rings (SSSR count). The molecule has 0 aliphatic carbocycles. The number of fused-ring (bicyclic) bond motifs is 1. The van der Waals surface area contributed by atoms with Crippen LogP contribution in [-0.4, -0.2) is 86.7 Å². The van der Waals surface area contributed by atoms with Crippen molar-refractivity contribution >= 4 is 6.08 Å². The molecule has 6 nitrogen and oxygen atoms in total. The van der Waals surface area contributed by atoms with Gasteiger partial charge >= 0.3 is 0 Å². The van der Waals surface area contributed by atoms with Crippen LogP contribution >= 0.6 is 0 Å². The van der Waals surface area contributed by atoms with Crippen molar-refractivity contribution in [1.82, 2.24) is 9.80 Å². The van der Waals surface area contributed by atoms with Crippen LogP contribution < -0.4 is 9.47 Å². The van der Waals surface area contributed by atoms with E-state index in [9.17, 15) is 5.11 Å². The Hall–Kier alpha value is -1.60. The summed E-state index contributed by atoms with van der Waals surface area (Å²) in [6, 6.07) is 6.09. The SMILES string of the molecule is COc1ccc2c(c1)C=C(CN1C[C@H](O)[C@@H](N3CCOCC3)C1)CO2. The Kier molecular flexibility index (Phi) is 4.94. The van der Waals surface area contributed by atoms with Crippen LogP contribution in [0.4, 0.5) is 0 Å².